The summed E-state index contributed by atoms with van der Waals surface area (Å²) in [6.45, 7) is 13.8. The van der Waals surface area contributed by atoms with Crippen molar-refractivity contribution in [3.05, 3.63) is 11.4 Å². The quantitative estimate of drug-likeness (QED) is 0.787. The second kappa shape index (κ2) is 6.73. The first-order chi connectivity index (χ1) is 8.93. The lowest BCUT2D eigenvalue weighted by molar-refractivity contribution is 0.508. The Labute approximate surface area is 117 Å². The van der Waals surface area contributed by atoms with E-state index in [1.165, 1.54) is 0 Å². The van der Waals surface area contributed by atoms with Crippen LogP contribution in [0.5, 0.6) is 0 Å². The van der Waals surface area contributed by atoms with E-state index >= 15 is 0 Å². The summed E-state index contributed by atoms with van der Waals surface area (Å²) in [5.41, 5.74) is 1.16. The Hall–Kier alpha value is -1.32. The second-order valence-corrected chi connectivity index (χ2v) is 5.60. The van der Waals surface area contributed by atoms with Crippen LogP contribution >= 0.6 is 0 Å². The van der Waals surface area contributed by atoms with Crippen LogP contribution in [0.4, 0.5) is 11.6 Å². The second-order valence-electron chi connectivity index (χ2n) is 5.60. The van der Waals surface area contributed by atoms with E-state index in [1.54, 1.807) is 0 Å². The Morgan fingerprint density at radius 3 is 2.21 bits per heavy atom. The molecule has 0 bridgehead atoms. The van der Waals surface area contributed by atoms with Crippen molar-refractivity contribution in [2.75, 3.05) is 17.2 Å². The molecule has 4 nitrogen and oxygen atoms in total. The van der Waals surface area contributed by atoms with Gasteiger partial charge in [0.2, 0.25) is 0 Å². The number of hydrogen-bond acceptors (Lipinski definition) is 4. The van der Waals surface area contributed by atoms with Crippen molar-refractivity contribution in [3.8, 4) is 0 Å². The monoisotopic (exact) mass is 264 g/mol. The van der Waals surface area contributed by atoms with Crippen LogP contribution in [0.1, 0.15) is 58.8 Å². The van der Waals surface area contributed by atoms with E-state index in [0.717, 1.165) is 48.8 Å². The lowest BCUT2D eigenvalue weighted by Crippen LogP contribution is -2.31. The molecule has 0 unspecified atom stereocenters. The van der Waals surface area contributed by atoms with E-state index in [0.29, 0.717) is 0 Å². The van der Waals surface area contributed by atoms with E-state index in [9.17, 15) is 0 Å². The lowest BCUT2D eigenvalue weighted by atomic mass is 9.99. The number of hydrogen-bond donors (Lipinski definition) is 2. The van der Waals surface area contributed by atoms with Crippen LogP contribution in [0, 0.1) is 6.92 Å². The van der Waals surface area contributed by atoms with Gasteiger partial charge in [0.15, 0.2) is 0 Å². The standard InChI is InChI=1S/C15H28N4/c1-7-10-15(5,6)19-14-11(4)13(16-9-3)17-12(8-2)18-14/h7-10H2,1-6H3,(H2,16,17,18,19). The molecule has 0 amide bonds. The van der Waals surface area contributed by atoms with Gasteiger partial charge in [0.05, 0.1) is 0 Å². The summed E-state index contributed by atoms with van der Waals surface area (Å²) in [7, 11) is 0. The van der Waals surface area contributed by atoms with Crippen LogP contribution in [-0.4, -0.2) is 22.1 Å². The minimum Gasteiger partial charge on any atom is -0.370 e. The first-order valence-electron chi connectivity index (χ1n) is 7.33. The highest BCUT2D eigenvalue weighted by Crippen LogP contribution is 2.25. The van der Waals surface area contributed by atoms with Crippen molar-refractivity contribution in [2.24, 2.45) is 0 Å². The molecule has 1 aromatic rings. The third kappa shape index (κ3) is 4.37. The zero-order valence-electron chi connectivity index (χ0n) is 13.2. The molecule has 0 radical (unpaired) electrons. The van der Waals surface area contributed by atoms with Gasteiger partial charge in [-0.3, -0.25) is 0 Å². The Balaban J connectivity index is 3.08. The van der Waals surface area contributed by atoms with Crippen LogP contribution in [-0.2, 0) is 6.42 Å². The Bertz CT molecular complexity index is 413. The molecule has 0 atom stereocenters. The van der Waals surface area contributed by atoms with Gasteiger partial charge < -0.3 is 10.6 Å². The predicted molar refractivity (Wildman–Crippen MR) is 82.9 cm³/mol. The molecule has 19 heavy (non-hydrogen) atoms. The zero-order chi connectivity index (χ0) is 14.5. The molecular weight excluding hydrogens is 236 g/mol. The molecule has 1 rings (SSSR count). The molecule has 0 saturated heterocycles. The number of rotatable bonds is 7. The molecule has 0 aliphatic heterocycles. The maximum Gasteiger partial charge on any atom is 0.135 e. The van der Waals surface area contributed by atoms with Gasteiger partial charge in [0, 0.05) is 24.1 Å². The minimum absolute atomic E-state index is 0.0579. The van der Waals surface area contributed by atoms with Crippen molar-refractivity contribution >= 4 is 11.6 Å². The van der Waals surface area contributed by atoms with Crippen LogP contribution in [0.25, 0.3) is 0 Å². The molecular formula is C15H28N4. The van der Waals surface area contributed by atoms with E-state index in [4.69, 9.17) is 0 Å². The first kappa shape index (κ1) is 15.7. The smallest absolute Gasteiger partial charge is 0.135 e. The molecule has 0 aliphatic rings. The lowest BCUT2D eigenvalue weighted by Gasteiger charge is -2.28. The average molecular weight is 264 g/mol. The van der Waals surface area contributed by atoms with Gasteiger partial charge in [0.1, 0.15) is 17.5 Å². The predicted octanol–water partition coefficient (Wildman–Crippen LogP) is 3.77. The van der Waals surface area contributed by atoms with Crippen molar-refractivity contribution in [1.29, 1.82) is 0 Å². The molecule has 0 saturated carbocycles. The largest absolute Gasteiger partial charge is 0.370 e. The number of nitrogens with zero attached hydrogens (tertiary/aromatic N) is 2. The topological polar surface area (TPSA) is 49.8 Å². The first-order valence-corrected chi connectivity index (χ1v) is 7.33. The number of nitrogens with one attached hydrogen (secondary N) is 2. The Kier molecular flexibility index (Phi) is 5.58. The van der Waals surface area contributed by atoms with Crippen LogP contribution in [0.2, 0.25) is 0 Å². The Morgan fingerprint density at radius 1 is 1.05 bits per heavy atom. The third-order valence-corrected chi connectivity index (χ3v) is 3.18. The number of aromatic nitrogens is 2. The summed E-state index contributed by atoms with van der Waals surface area (Å²) in [5, 5.41) is 6.89. The average Bonchev–Trinajstić information content (AvgIpc) is 2.33. The molecule has 0 spiro atoms. The maximum atomic E-state index is 4.64. The summed E-state index contributed by atoms with van der Waals surface area (Å²) < 4.78 is 0. The van der Waals surface area contributed by atoms with Gasteiger partial charge in [-0.2, -0.15) is 0 Å². The fraction of sp³-hybridized carbons (Fsp3) is 0.733. The van der Waals surface area contributed by atoms with Crippen molar-refractivity contribution in [1.82, 2.24) is 9.97 Å². The highest BCUT2D eigenvalue weighted by Gasteiger charge is 2.19. The van der Waals surface area contributed by atoms with Gasteiger partial charge in [-0.15, -0.1) is 0 Å². The Morgan fingerprint density at radius 2 is 1.68 bits per heavy atom. The third-order valence-electron chi connectivity index (χ3n) is 3.18. The minimum atomic E-state index is 0.0579. The molecule has 4 heteroatoms. The highest BCUT2D eigenvalue weighted by molar-refractivity contribution is 5.58. The fourth-order valence-corrected chi connectivity index (χ4v) is 2.19. The van der Waals surface area contributed by atoms with Crippen molar-refractivity contribution < 1.29 is 0 Å². The van der Waals surface area contributed by atoms with E-state index in [1.807, 2.05) is 0 Å². The SMILES string of the molecule is CCCC(C)(C)Nc1nc(CC)nc(NCC)c1C. The molecule has 2 N–H and O–H groups in total. The summed E-state index contributed by atoms with van der Waals surface area (Å²) in [6.07, 6.45) is 3.13. The van der Waals surface area contributed by atoms with Gasteiger partial charge >= 0.3 is 0 Å². The molecule has 108 valence electrons. The van der Waals surface area contributed by atoms with Gasteiger partial charge in [0.25, 0.3) is 0 Å². The number of aryl methyl sites for hydroxylation is 1. The summed E-state index contributed by atoms with van der Waals surface area (Å²) in [5.74, 6) is 2.79. The number of anilines is 2. The molecule has 1 aromatic heterocycles. The van der Waals surface area contributed by atoms with E-state index < -0.39 is 0 Å². The van der Waals surface area contributed by atoms with Gasteiger partial charge in [-0.05, 0) is 34.1 Å². The van der Waals surface area contributed by atoms with Crippen LogP contribution < -0.4 is 10.6 Å². The molecule has 0 fully saturated rings. The van der Waals surface area contributed by atoms with E-state index in [-0.39, 0.29) is 5.54 Å². The van der Waals surface area contributed by atoms with Gasteiger partial charge in [-0.1, -0.05) is 20.3 Å². The summed E-state index contributed by atoms with van der Waals surface area (Å²) in [6, 6.07) is 0. The summed E-state index contributed by atoms with van der Waals surface area (Å²) in [4.78, 5) is 9.19. The van der Waals surface area contributed by atoms with Crippen molar-refractivity contribution in [2.45, 2.75) is 66.3 Å². The zero-order valence-corrected chi connectivity index (χ0v) is 13.2. The van der Waals surface area contributed by atoms with Crippen LogP contribution in [0.3, 0.4) is 0 Å². The fourth-order valence-electron chi connectivity index (χ4n) is 2.19. The normalized spacial score (nSPS) is 11.5. The molecule has 0 aliphatic carbocycles. The van der Waals surface area contributed by atoms with Crippen molar-refractivity contribution in [3.63, 3.8) is 0 Å². The van der Waals surface area contributed by atoms with Crippen LogP contribution in [0.15, 0.2) is 0 Å². The molecule has 0 aromatic carbocycles. The maximum absolute atomic E-state index is 4.64. The summed E-state index contributed by atoms with van der Waals surface area (Å²) >= 11 is 0. The molecule has 1 heterocycles. The van der Waals surface area contributed by atoms with E-state index in [2.05, 4.69) is 62.1 Å². The highest BCUT2D eigenvalue weighted by atomic mass is 15.1. The van der Waals surface area contributed by atoms with Gasteiger partial charge in [-0.25, -0.2) is 9.97 Å².